The van der Waals surface area contributed by atoms with E-state index in [0.717, 1.165) is 26.1 Å². The number of hydrogen-bond acceptors (Lipinski definition) is 4. The zero-order valence-electron chi connectivity index (χ0n) is 9.87. The molecule has 0 aromatic heterocycles. The molecular weight excluding hydrogens is 192 g/mol. The van der Waals surface area contributed by atoms with E-state index in [0.29, 0.717) is 18.6 Å². The molecular formula is C11H24N2O2. The predicted molar refractivity (Wildman–Crippen MR) is 60.9 cm³/mol. The van der Waals surface area contributed by atoms with Crippen LogP contribution in [0.15, 0.2) is 0 Å². The Morgan fingerprint density at radius 2 is 2.40 bits per heavy atom. The van der Waals surface area contributed by atoms with Crippen molar-refractivity contribution in [2.75, 3.05) is 33.4 Å². The Kier molecular flexibility index (Phi) is 6.17. The monoisotopic (exact) mass is 216 g/mol. The second kappa shape index (κ2) is 7.17. The highest BCUT2D eigenvalue weighted by atomic mass is 16.5. The van der Waals surface area contributed by atoms with Crippen molar-refractivity contribution in [3.63, 3.8) is 0 Å². The standard InChI is InChI=1S/C11H24N2O2/c1-3-11-9(4-5-15-11)7-13-8-10(6-12)14-2/h9-11,13H,3-8,12H2,1-2H3. The number of nitrogens with two attached hydrogens (primary N) is 1. The summed E-state index contributed by atoms with van der Waals surface area (Å²) in [6.45, 7) is 5.51. The van der Waals surface area contributed by atoms with Gasteiger partial charge in [-0.1, -0.05) is 6.92 Å². The van der Waals surface area contributed by atoms with Crippen LogP contribution in [0.4, 0.5) is 0 Å². The van der Waals surface area contributed by atoms with E-state index in [4.69, 9.17) is 15.2 Å². The lowest BCUT2D eigenvalue weighted by Crippen LogP contribution is -2.37. The van der Waals surface area contributed by atoms with Crippen LogP contribution in [0.2, 0.25) is 0 Å². The third-order valence-corrected chi connectivity index (χ3v) is 3.12. The molecule has 1 saturated heterocycles. The molecule has 0 bridgehead atoms. The van der Waals surface area contributed by atoms with E-state index < -0.39 is 0 Å². The molecule has 0 amide bonds. The highest BCUT2D eigenvalue weighted by Gasteiger charge is 2.26. The smallest absolute Gasteiger partial charge is 0.0817 e. The fourth-order valence-corrected chi connectivity index (χ4v) is 2.07. The van der Waals surface area contributed by atoms with Crippen molar-refractivity contribution < 1.29 is 9.47 Å². The van der Waals surface area contributed by atoms with Gasteiger partial charge in [-0.25, -0.2) is 0 Å². The summed E-state index contributed by atoms with van der Waals surface area (Å²) in [5, 5.41) is 3.41. The molecule has 4 nitrogen and oxygen atoms in total. The fraction of sp³-hybridized carbons (Fsp3) is 1.00. The minimum Gasteiger partial charge on any atom is -0.379 e. The Hall–Kier alpha value is -0.160. The molecule has 0 radical (unpaired) electrons. The maximum Gasteiger partial charge on any atom is 0.0817 e. The van der Waals surface area contributed by atoms with Crippen molar-refractivity contribution in [2.45, 2.75) is 32.0 Å². The van der Waals surface area contributed by atoms with Gasteiger partial charge in [-0.05, 0) is 18.8 Å². The van der Waals surface area contributed by atoms with Crippen LogP contribution in [0.5, 0.6) is 0 Å². The summed E-state index contributed by atoms with van der Waals surface area (Å²) in [6, 6.07) is 0. The molecule has 4 heteroatoms. The number of nitrogens with one attached hydrogen (secondary N) is 1. The Bertz CT molecular complexity index is 163. The van der Waals surface area contributed by atoms with Crippen LogP contribution in [0.1, 0.15) is 19.8 Å². The average molecular weight is 216 g/mol. The normalized spacial score (nSPS) is 28.2. The summed E-state index contributed by atoms with van der Waals surface area (Å²) in [5.41, 5.74) is 5.54. The van der Waals surface area contributed by atoms with Gasteiger partial charge < -0.3 is 20.5 Å². The van der Waals surface area contributed by atoms with Crippen LogP contribution in [0.25, 0.3) is 0 Å². The molecule has 15 heavy (non-hydrogen) atoms. The summed E-state index contributed by atoms with van der Waals surface area (Å²) in [6.07, 6.45) is 2.85. The third kappa shape index (κ3) is 4.07. The Balaban J connectivity index is 2.13. The second-order valence-corrected chi connectivity index (χ2v) is 4.12. The lowest BCUT2D eigenvalue weighted by atomic mass is 10.00. The summed E-state index contributed by atoms with van der Waals surface area (Å²) in [7, 11) is 1.70. The first-order valence-corrected chi connectivity index (χ1v) is 5.87. The molecule has 3 unspecified atom stereocenters. The quantitative estimate of drug-likeness (QED) is 0.645. The van der Waals surface area contributed by atoms with Crippen LogP contribution < -0.4 is 11.1 Å². The Morgan fingerprint density at radius 3 is 3.00 bits per heavy atom. The summed E-state index contributed by atoms with van der Waals surface area (Å²) in [4.78, 5) is 0. The van der Waals surface area contributed by atoms with Gasteiger partial charge in [0.05, 0.1) is 12.2 Å². The van der Waals surface area contributed by atoms with E-state index in [-0.39, 0.29) is 6.10 Å². The molecule has 0 aromatic carbocycles. The number of ether oxygens (including phenoxy) is 2. The lowest BCUT2D eigenvalue weighted by Gasteiger charge is -2.19. The summed E-state index contributed by atoms with van der Waals surface area (Å²) >= 11 is 0. The predicted octanol–water partition coefficient (Wildman–Crippen LogP) is 0.365. The Morgan fingerprint density at radius 1 is 1.60 bits per heavy atom. The molecule has 1 aliphatic heterocycles. The van der Waals surface area contributed by atoms with Crippen LogP contribution in [-0.2, 0) is 9.47 Å². The molecule has 3 atom stereocenters. The highest BCUT2D eigenvalue weighted by molar-refractivity contribution is 4.77. The largest absolute Gasteiger partial charge is 0.379 e. The average Bonchev–Trinajstić information content (AvgIpc) is 2.72. The van der Waals surface area contributed by atoms with E-state index >= 15 is 0 Å². The summed E-state index contributed by atoms with van der Waals surface area (Å²) < 4.78 is 10.8. The van der Waals surface area contributed by atoms with E-state index in [1.807, 2.05) is 0 Å². The minimum atomic E-state index is 0.132. The maximum atomic E-state index is 5.63. The van der Waals surface area contributed by atoms with Crippen molar-refractivity contribution >= 4 is 0 Å². The molecule has 0 spiro atoms. The molecule has 0 aliphatic carbocycles. The number of methoxy groups -OCH3 is 1. The fourth-order valence-electron chi connectivity index (χ4n) is 2.07. The molecule has 1 aliphatic rings. The third-order valence-electron chi connectivity index (χ3n) is 3.12. The molecule has 1 heterocycles. The Labute approximate surface area is 92.5 Å². The van der Waals surface area contributed by atoms with Gasteiger partial charge in [-0.15, -0.1) is 0 Å². The molecule has 1 fully saturated rings. The van der Waals surface area contributed by atoms with E-state index in [2.05, 4.69) is 12.2 Å². The first-order chi connectivity index (χ1) is 7.31. The van der Waals surface area contributed by atoms with E-state index in [1.165, 1.54) is 6.42 Å². The lowest BCUT2D eigenvalue weighted by molar-refractivity contribution is 0.0826. The molecule has 90 valence electrons. The van der Waals surface area contributed by atoms with Gasteiger partial charge in [-0.2, -0.15) is 0 Å². The van der Waals surface area contributed by atoms with Gasteiger partial charge in [-0.3, -0.25) is 0 Å². The summed E-state index contributed by atoms with van der Waals surface area (Å²) in [5.74, 6) is 0.658. The van der Waals surface area contributed by atoms with Crippen molar-refractivity contribution in [1.82, 2.24) is 5.32 Å². The minimum absolute atomic E-state index is 0.132. The SMILES string of the molecule is CCC1OCCC1CNCC(CN)OC. The van der Waals surface area contributed by atoms with Gasteiger partial charge in [0.2, 0.25) is 0 Å². The van der Waals surface area contributed by atoms with Crippen molar-refractivity contribution in [3.05, 3.63) is 0 Å². The zero-order valence-corrected chi connectivity index (χ0v) is 9.87. The van der Waals surface area contributed by atoms with Gasteiger partial charge >= 0.3 is 0 Å². The molecule has 0 aromatic rings. The van der Waals surface area contributed by atoms with Crippen LogP contribution in [-0.4, -0.2) is 45.6 Å². The van der Waals surface area contributed by atoms with Gasteiger partial charge in [0.15, 0.2) is 0 Å². The van der Waals surface area contributed by atoms with Crippen molar-refractivity contribution in [1.29, 1.82) is 0 Å². The van der Waals surface area contributed by atoms with Gasteiger partial charge in [0, 0.05) is 33.4 Å². The second-order valence-electron chi connectivity index (χ2n) is 4.12. The number of rotatable bonds is 7. The van der Waals surface area contributed by atoms with E-state index in [9.17, 15) is 0 Å². The van der Waals surface area contributed by atoms with Gasteiger partial charge in [0.25, 0.3) is 0 Å². The topological polar surface area (TPSA) is 56.5 Å². The van der Waals surface area contributed by atoms with Gasteiger partial charge in [0.1, 0.15) is 0 Å². The van der Waals surface area contributed by atoms with Crippen LogP contribution in [0.3, 0.4) is 0 Å². The van der Waals surface area contributed by atoms with E-state index in [1.54, 1.807) is 7.11 Å². The van der Waals surface area contributed by atoms with Crippen molar-refractivity contribution in [3.8, 4) is 0 Å². The molecule has 0 saturated carbocycles. The molecule has 3 N–H and O–H groups in total. The van der Waals surface area contributed by atoms with Crippen molar-refractivity contribution in [2.24, 2.45) is 11.7 Å². The van der Waals surface area contributed by atoms with Crippen LogP contribution in [0, 0.1) is 5.92 Å². The first-order valence-electron chi connectivity index (χ1n) is 5.87. The zero-order chi connectivity index (χ0) is 11.1. The first kappa shape index (κ1) is 12.9. The maximum absolute atomic E-state index is 5.63. The highest BCUT2D eigenvalue weighted by Crippen LogP contribution is 2.22. The van der Waals surface area contributed by atoms with Crippen LogP contribution >= 0.6 is 0 Å². The molecule has 1 rings (SSSR count). The number of hydrogen-bond donors (Lipinski definition) is 2.